The second-order valence-electron chi connectivity index (χ2n) is 7.33. The lowest BCUT2D eigenvalue weighted by atomic mass is 10.1. The molecule has 1 saturated heterocycles. The van der Waals surface area contributed by atoms with Gasteiger partial charge in [0.1, 0.15) is 6.61 Å². The fraction of sp³-hybridized carbons (Fsp3) is 0.120. The molecule has 0 spiro atoms. The summed E-state index contributed by atoms with van der Waals surface area (Å²) in [7, 11) is 0. The first-order chi connectivity index (χ1) is 17.2. The molecule has 4 rings (SSSR count). The van der Waals surface area contributed by atoms with Crippen molar-refractivity contribution < 1.29 is 14.3 Å². The first-order valence-corrected chi connectivity index (χ1v) is 13.6. The van der Waals surface area contributed by atoms with Gasteiger partial charge in [-0.3, -0.25) is 4.79 Å². The lowest BCUT2D eigenvalue weighted by molar-refractivity contribution is -0.115. The summed E-state index contributed by atoms with van der Waals surface area (Å²) in [5.74, 6) is 0.776. The number of amidine groups is 1. The van der Waals surface area contributed by atoms with Gasteiger partial charge in [0.05, 0.1) is 27.2 Å². The molecule has 1 aliphatic heterocycles. The molecular weight excluding hydrogens is 630 g/mol. The Bertz CT molecular complexity index is 1400. The monoisotopic (exact) mass is 644 g/mol. The van der Waals surface area contributed by atoms with E-state index in [0.29, 0.717) is 58.4 Å². The van der Waals surface area contributed by atoms with E-state index >= 15 is 0 Å². The maximum Gasteiger partial charge on any atom is 0.264 e. The van der Waals surface area contributed by atoms with Crippen molar-refractivity contribution in [3.05, 3.63) is 89.1 Å². The van der Waals surface area contributed by atoms with Crippen LogP contribution in [0, 0.1) is 0 Å². The number of hydrogen-bond donors (Lipinski definition) is 1. The Morgan fingerprint density at radius 2 is 1.81 bits per heavy atom. The second kappa shape index (κ2) is 12.1. The van der Waals surface area contributed by atoms with Gasteiger partial charge in [0, 0.05) is 20.1 Å². The van der Waals surface area contributed by atoms with E-state index in [0.717, 1.165) is 11.1 Å². The molecule has 1 aliphatic rings. The van der Waals surface area contributed by atoms with Crippen molar-refractivity contribution in [1.29, 1.82) is 0 Å². The molecule has 1 fully saturated rings. The molecule has 3 aromatic carbocycles. The molecule has 0 atom stereocenters. The fourth-order valence-electron chi connectivity index (χ4n) is 3.15. The molecule has 0 radical (unpaired) electrons. The van der Waals surface area contributed by atoms with E-state index in [-0.39, 0.29) is 12.5 Å². The van der Waals surface area contributed by atoms with Gasteiger partial charge >= 0.3 is 0 Å². The number of ether oxygens (including phenoxy) is 2. The van der Waals surface area contributed by atoms with Crippen LogP contribution in [0.1, 0.15) is 18.1 Å². The number of benzene rings is 3. The van der Waals surface area contributed by atoms with E-state index in [9.17, 15) is 4.79 Å². The molecule has 1 heterocycles. The maximum atomic E-state index is 12.6. The van der Waals surface area contributed by atoms with Crippen molar-refractivity contribution in [2.75, 3.05) is 6.61 Å². The van der Waals surface area contributed by atoms with E-state index in [2.05, 4.69) is 26.2 Å². The van der Waals surface area contributed by atoms with E-state index in [4.69, 9.17) is 55.9 Å². The summed E-state index contributed by atoms with van der Waals surface area (Å²) in [5, 5.41) is 4.92. The molecule has 1 amide bonds. The molecule has 0 saturated carbocycles. The highest BCUT2D eigenvalue weighted by Gasteiger charge is 2.25. The predicted molar refractivity (Wildman–Crippen MR) is 153 cm³/mol. The first-order valence-electron chi connectivity index (χ1n) is 10.5. The Morgan fingerprint density at radius 3 is 2.56 bits per heavy atom. The summed E-state index contributed by atoms with van der Waals surface area (Å²) in [5.41, 5.74) is 1.99. The molecule has 5 nitrogen and oxygen atoms in total. The summed E-state index contributed by atoms with van der Waals surface area (Å²) in [6.07, 6.45) is 1.74. The van der Waals surface area contributed by atoms with Crippen LogP contribution in [0.25, 0.3) is 6.08 Å². The topological polar surface area (TPSA) is 59.9 Å². The van der Waals surface area contributed by atoms with Crippen LogP contribution in [0.5, 0.6) is 11.5 Å². The van der Waals surface area contributed by atoms with Gasteiger partial charge in [0.15, 0.2) is 16.7 Å². The summed E-state index contributed by atoms with van der Waals surface area (Å²) in [6, 6.07) is 13.9. The summed E-state index contributed by atoms with van der Waals surface area (Å²) < 4.78 is 12.5. The van der Waals surface area contributed by atoms with Gasteiger partial charge in [0.2, 0.25) is 0 Å². The number of nitrogens with zero attached hydrogens (tertiary/aromatic N) is 1. The SMILES string of the molecule is CCOc1cc(/C=C2/SC(=Nc3cccc(Cl)c3Cl)NC2=O)c(Br)cc1OCc1ccc(Cl)cc1Cl. The minimum atomic E-state index is -0.278. The smallest absolute Gasteiger partial charge is 0.264 e. The second-order valence-corrected chi connectivity index (χ2v) is 10.8. The highest BCUT2D eigenvalue weighted by Crippen LogP contribution is 2.38. The minimum absolute atomic E-state index is 0.229. The summed E-state index contributed by atoms with van der Waals surface area (Å²) >= 11 is 29.3. The fourth-order valence-corrected chi connectivity index (χ4v) is 5.21. The van der Waals surface area contributed by atoms with Gasteiger partial charge in [-0.25, -0.2) is 4.99 Å². The third-order valence-corrected chi connectivity index (χ3v) is 7.84. The number of carbonyl (C=O) groups excluding carboxylic acids is 1. The van der Waals surface area contributed by atoms with Crippen LogP contribution < -0.4 is 14.8 Å². The normalized spacial score (nSPS) is 15.4. The van der Waals surface area contributed by atoms with Crippen LogP contribution in [-0.4, -0.2) is 17.7 Å². The third-order valence-electron chi connectivity index (χ3n) is 4.85. The van der Waals surface area contributed by atoms with E-state index < -0.39 is 0 Å². The Morgan fingerprint density at radius 1 is 1.03 bits per heavy atom. The lowest BCUT2D eigenvalue weighted by Crippen LogP contribution is -2.19. The maximum absolute atomic E-state index is 12.6. The molecule has 0 aliphatic carbocycles. The standard InChI is InChI=1S/C25H17BrCl4N2O3S/c1-2-34-20-8-14(16(26)11-21(20)35-12-13-6-7-15(27)10-18(13)29)9-22-24(33)32-25(36-22)31-19-5-3-4-17(28)23(19)30/h3-11H,2,12H2,1H3,(H,31,32,33)/b22-9+. The van der Waals surface area contributed by atoms with Gasteiger partial charge in [-0.15, -0.1) is 0 Å². The average Bonchev–Trinajstić information content (AvgIpc) is 3.17. The van der Waals surface area contributed by atoms with E-state index in [1.165, 1.54) is 11.8 Å². The first kappa shape index (κ1) is 27.2. The number of thioether (sulfide) groups is 1. The number of rotatable bonds is 7. The van der Waals surface area contributed by atoms with Crippen molar-refractivity contribution in [3.63, 3.8) is 0 Å². The number of halogens is 5. The Kier molecular flexibility index (Phi) is 9.15. The molecular formula is C25H17BrCl4N2O3S. The molecule has 36 heavy (non-hydrogen) atoms. The molecule has 0 unspecified atom stereocenters. The van der Waals surface area contributed by atoms with Gasteiger partial charge in [0.25, 0.3) is 5.91 Å². The lowest BCUT2D eigenvalue weighted by Gasteiger charge is -2.15. The van der Waals surface area contributed by atoms with Crippen molar-refractivity contribution in [3.8, 4) is 11.5 Å². The van der Waals surface area contributed by atoms with Crippen molar-refractivity contribution >= 4 is 96.9 Å². The molecule has 186 valence electrons. The van der Waals surface area contributed by atoms with Crippen LogP contribution in [0.3, 0.4) is 0 Å². The van der Waals surface area contributed by atoms with Crippen molar-refractivity contribution in [2.24, 2.45) is 4.99 Å². The highest BCUT2D eigenvalue weighted by molar-refractivity contribution is 9.10. The highest BCUT2D eigenvalue weighted by atomic mass is 79.9. The zero-order valence-corrected chi connectivity index (χ0v) is 24.0. The number of carbonyl (C=O) groups is 1. The van der Waals surface area contributed by atoms with Crippen molar-refractivity contribution in [1.82, 2.24) is 5.32 Å². The number of hydrogen-bond acceptors (Lipinski definition) is 5. The Hall–Kier alpha value is -1.87. The van der Waals surface area contributed by atoms with Crippen molar-refractivity contribution in [2.45, 2.75) is 13.5 Å². The van der Waals surface area contributed by atoms with Crippen LogP contribution in [-0.2, 0) is 11.4 Å². The van der Waals surface area contributed by atoms with Crippen LogP contribution in [0.2, 0.25) is 20.1 Å². The Balaban J connectivity index is 1.58. The minimum Gasteiger partial charge on any atom is -0.490 e. The third kappa shape index (κ3) is 6.52. The zero-order valence-electron chi connectivity index (χ0n) is 18.6. The van der Waals surface area contributed by atoms with E-state index in [1.54, 1.807) is 48.5 Å². The molecule has 3 aromatic rings. The molecule has 0 aromatic heterocycles. The molecule has 1 N–H and O–H groups in total. The van der Waals surface area contributed by atoms with Gasteiger partial charge in [-0.2, -0.15) is 0 Å². The van der Waals surface area contributed by atoms with Crippen LogP contribution in [0.15, 0.2) is 62.9 Å². The molecule has 0 bridgehead atoms. The average molecular weight is 647 g/mol. The van der Waals surface area contributed by atoms with Gasteiger partial charge < -0.3 is 14.8 Å². The summed E-state index contributed by atoms with van der Waals surface area (Å²) in [6.45, 7) is 2.54. The molecule has 11 heteroatoms. The zero-order chi connectivity index (χ0) is 25.8. The predicted octanol–water partition coefficient (Wildman–Crippen LogP) is 8.93. The number of aliphatic imine (C=N–C) groups is 1. The summed E-state index contributed by atoms with van der Waals surface area (Å²) in [4.78, 5) is 17.5. The quantitative estimate of drug-likeness (QED) is 0.260. The van der Waals surface area contributed by atoms with Crippen LogP contribution in [0.4, 0.5) is 5.69 Å². The van der Waals surface area contributed by atoms with E-state index in [1.807, 2.05) is 13.0 Å². The number of amides is 1. The number of nitrogens with one attached hydrogen (secondary N) is 1. The van der Waals surface area contributed by atoms with Gasteiger partial charge in [-0.05, 0) is 66.7 Å². The van der Waals surface area contributed by atoms with Gasteiger partial charge in [-0.1, -0.05) is 74.5 Å². The Labute approximate surface area is 240 Å². The van der Waals surface area contributed by atoms with Crippen LogP contribution >= 0.6 is 74.1 Å². The largest absolute Gasteiger partial charge is 0.490 e.